The van der Waals surface area contributed by atoms with Crippen LogP contribution in [0.5, 0.6) is 0 Å². The van der Waals surface area contributed by atoms with Crippen molar-refractivity contribution in [1.29, 1.82) is 0 Å². The molecule has 0 unspecified atom stereocenters. The lowest BCUT2D eigenvalue weighted by Crippen LogP contribution is -2.39. The van der Waals surface area contributed by atoms with Crippen LogP contribution in [0.2, 0.25) is 0 Å². The van der Waals surface area contributed by atoms with Crippen molar-refractivity contribution in [3.05, 3.63) is 64.1 Å². The Morgan fingerprint density at radius 1 is 1.36 bits per heavy atom. The predicted molar refractivity (Wildman–Crippen MR) is 92.7 cm³/mol. The molecule has 0 radical (unpaired) electrons. The third-order valence-corrected chi connectivity index (χ3v) is 4.66. The first-order chi connectivity index (χ1) is 12.1. The maximum atomic E-state index is 13.0. The van der Waals surface area contributed by atoms with Crippen molar-refractivity contribution in [3.8, 4) is 0 Å². The van der Waals surface area contributed by atoms with Gasteiger partial charge in [-0.3, -0.25) is 9.59 Å². The summed E-state index contributed by atoms with van der Waals surface area (Å²) in [5, 5.41) is 4.25. The van der Waals surface area contributed by atoms with Gasteiger partial charge in [0.05, 0.1) is 23.0 Å². The van der Waals surface area contributed by atoms with Crippen LogP contribution in [-0.4, -0.2) is 43.5 Å². The molecule has 0 aromatic carbocycles. The van der Waals surface area contributed by atoms with Crippen molar-refractivity contribution in [2.45, 2.75) is 25.7 Å². The maximum absolute atomic E-state index is 13.0. The number of hydrogen-bond donors (Lipinski definition) is 1. The zero-order valence-electron chi connectivity index (χ0n) is 14.0. The van der Waals surface area contributed by atoms with Crippen LogP contribution in [0.3, 0.4) is 0 Å². The van der Waals surface area contributed by atoms with Gasteiger partial charge in [0.1, 0.15) is 5.82 Å². The summed E-state index contributed by atoms with van der Waals surface area (Å²) in [5.41, 5.74) is 2.03. The molecule has 1 aliphatic heterocycles. The predicted octanol–water partition coefficient (Wildman–Crippen LogP) is 1.75. The minimum atomic E-state index is -0.145. The summed E-state index contributed by atoms with van der Waals surface area (Å²) >= 11 is 0. The highest BCUT2D eigenvalue weighted by atomic mass is 16.2. The second-order valence-corrected chi connectivity index (χ2v) is 6.43. The summed E-state index contributed by atoms with van der Waals surface area (Å²) < 4.78 is 1.70. The van der Waals surface area contributed by atoms with Gasteiger partial charge >= 0.3 is 0 Å². The molecular weight excluding hydrogens is 318 g/mol. The molecule has 1 saturated heterocycles. The topological polar surface area (TPSA) is 83.4 Å². The van der Waals surface area contributed by atoms with E-state index in [9.17, 15) is 9.59 Å². The molecule has 1 amide bonds. The molecule has 25 heavy (non-hydrogen) atoms. The number of rotatable bonds is 2. The van der Waals surface area contributed by atoms with Gasteiger partial charge in [-0.1, -0.05) is 6.07 Å². The average Bonchev–Trinajstić information content (AvgIpc) is 3.04. The Bertz CT molecular complexity index is 990. The fourth-order valence-corrected chi connectivity index (χ4v) is 3.48. The van der Waals surface area contributed by atoms with Gasteiger partial charge in [-0.25, -0.2) is 9.50 Å². The lowest BCUT2D eigenvalue weighted by molar-refractivity contribution is 0.0708. The average molecular weight is 337 g/mol. The van der Waals surface area contributed by atoms with Gasteiger partial charge in [-0.15, -0.1) is 0 Å². The van der Waals surface area contributed by atoms with Gasteiger partial charge in [-0.2, -0.15) is 5.10 Å². The lowest BCUT2D eigenvalue weighted by Gasteiger charge is -2.32. The second-order valence-electron chi connectivity index (χ2n) is 6.43. The molecule has 1 atom stereocenters. The van der Waals surface area contributed by atoms with Crippen molar-refractivity contribution in [2.24, 2.45) is 0 Å². The molecule has 128 valence electrons. The number of aryl methyl sites for hydroxylation is 1. The highest BCUT2D eigenvalue weighted by Crippen LogP contribution is 2.26. The molecule has 7 nitrogen and oxygen atoms in total. The minimum absolute atomic E-state index is 0.0209. The van der Waals surface area contributed by atoms with Crippen LogP contribution in [0.4, 0.5) is 0 Å². The Kier molecular flexibility index (Phi) is 3.83. The number of nitrogens with zero attached hydrogens (tertiary/aromatic N) is 4. The van der Waals surface area contributed by atoms with Gasteiger partial charge < -0.3 is 9.88 Å². The van der Waals surface area contributed by atoms with Crippen molar-refractivity contribution < 1.29 is 4.79 Å². The van der Waals surface area contributed by atoms with E-state index in [0.29, 0.717) is 24.5 Å². The van der Waals surface area contributed by atoms with Gasteiger partial charge in [0.2, 0.25) is 0 Å². The molecule has 0 saturated carbocycles. The normalized spacial score (nSPS) is 17.8. The van der Waals surface area contributed by atoms with E-state index >= 15 is 0 Å². The summed E-state index contributed by atoms with van der Waals surface area (Å²) in [7, 11) is 0. The summed E-state index contributed by atoms with van der Waals surface area (Å²) in [6, 6.07) is 7.21. The Morgan fingerprint density at radius 2 is 2.24 bits per heavy atom. The molecule has 4 heterocycles. The number of pyridine rings is 1. The second kappa shape index (κ2) is 6.16. The highest BCUT2D eigenvalue weighted by molar-refractivity contribution is 6.00. The zero-order chi connectivity index (χ0) is 17.4. The number of carbonyl (C=O) groups excluding carboxylic acids is 1. The van der Waals surface area contributed by atoms with Crippen LogP contribution < -0.4 is 5.56 Å². The lowest BCUT2D eigenvalue weighted by atomic mass is 9.94. The van der Waals surface area contributed by atoms with Gasteiger partial charge in [0.15, 0.2) is 0 Å². The number of fused-ring (bicyclic) bond motifs is 1. The molecule has 0 bridgehead atoms. The third kappa shape index (κ3) is 2.93. The van der Waals surface area contributed by atoms with Crippen molar-refractivity contribution in [2.75, 3.05) is 13.1 Å². The molecule has 7 heteroatoms. The number of carbonyl (C=O) groups is 1. The van der Waals surface area contributed by atoms with E-state index in [1.165, 1.54) is 0 Å². The number of amides is 1. The van der Waals surface area contributed by atoms with Crippen molar-refractivity contribution in [3.63, 3.8) is 0 Å². The Morgan fingerprint density at radius 3 is 3.08 bits per heavy atom. The van der Waals surface area contributed by atoms with E-state index in [4.69, 9.17) is 0 Å². The van der Waals surface area contributed by atoms with Crippen LogP contribution in [0.15, 0.2) is 41.5 Å². The molecule has 4 rings (SSSR count). The van der Waals surface area contributed by atoms with E-state index in [1.807, 2.05) is 29.3 Å². The van der Waals surface area contributed by atoms with E-state index in [0.717, 1.165) is 24.1 Å². The van der Waals surface area contributed by atoms with Crippen LogP contribution in [0, 0.1) is 6.92 Å². The smallest absolute Gasteiger partial charge is 0.257 e. The number of hydrogen-bond acceptors (Lipinski definition) is 4. The number of likely N-dealkylation sites (tertiary alicyclic amines) is 1. The van der Waals surface area contributed by atoms with Gasteiger partial charge in [-0.05, 0) is 31.9 Å². The van der Waals surface area contributed by atoms with Crippen LogP contribution in [0.1, 0.15) is 40.6 Å². The molecule has 1 N–H and O–H groups in total. The SMILES string of the molecule is Cc1nc([C@H]2CCCN(C(=O)c3cnn4ccccc34)C2)cc(=O)[nH]1. The Labute approximate surface area is 144 Å². The first-order valence-electron chi connectivity index (χ1n) is 8.41. The molecular formula is C18H19N5O2. The van der Waals surface area contributed by atoms with Crippen LogP contribution >= 0.6 is 0 Å². The van der Waals surface area contributed by atoms with Crippen molar-refractivity contribution >= 4 is 11.4 Å². The first kappa shape index (κ1) is 15.6. The standard InChI is InChI=1S/C18H19N5O2/c1-12-20-15(9-17(24)21-12)13-5-4-7-22(11-13)18(25)14-10-19-23-8-3-2-6-16(14)23/h2-3,6,8-10,13H,4-5,7,11H2,1H3,(H,20,21,24)/t13-/m0/s1. The highest BCUT2D eigenvalue weighted by Gasteiger charge is 2.28. The summed E-state index contributed by atoms with van der Waals surface area (Å²) in [6.45, 7) is 3.05. The monoisotopic (exact) mass is 337 g/mol. The Balaban J connectivity index is 1.60. The Hall–Kier alpha value is -2.96. The van der Waals surface area contributed by atoms with Gasteiger partial charge in [0, 0.05) is 31.3 Å². The molecule has 1 fully saturated rings. The number of nitrogens with one attached hydrogen (secondary N) is 1. The molecule has 3 aromatic rings. The summed E-state index contributed by atoms with van der Waals surface area (Å²) in [4.78, 5) is 33.7. The summed E-state index contributed by atoms with van der Waals surface area (Å²) in [5.74, 6) is 0.668. The summed E-state index contributed by atoms with van der Waals surface area (Å²) in [6.07, 6.45) is 5.27. The minimum Gasteiger partial charge on any atom is -0.338 e. The van der Waals surface area contributed by atoms with E-state index in [2.05, 4.69) is 15.1 Å². The van der Waals surface area contributed by atoms with Crippen molar-refractivity contribution in [1.82, 2.24) is 24.5 Å². The maximum Gasteiger partial charge on any atom is 0.257 e. The van der Waals surface area contributed by atoms with Crippen LogP contribution in [0.25, 0.3) is 5.52 Å². The fraction of sp³-hybridized carbons (Fsp3) is 0.333. The number of aromatic nitrogens is 4. The molecule has 1 aliphatic rings. The zero-order valence-corrected chi connectivity index (χ0v) is 14.0. The number of piperidine rings is 1. The van der Waals surface area contributed by atoms with Crippen LogP contribution in [-0.2, 0) is 0 Å². The van der Waals surface area contributed by atoms with E-state index in [-0.39, 0.29) is 17.4 Å². The first-order valence-corrected chi connectivity index (χ1v) is 8.41. The fourth-order valence-electron chi connectivity index (χ4n) is 3.48. The molecule has 3 aromatic heterocycles. The quantitative estimate of drug-likeness (QED) is 0.772. The van der Waals surface area contributed by atoms with Gasteiger partial charge in [0.25, 0.3) is 11.5 Å². The molecule has 0 aliphatic carbocycles. The largest absolute Gasteiger partial charge is 0.338 e. The molecule has 0 spiro atoms. The number of aromatic amines is 1. The van der Waals surface area contributed by atoms with E-state index < -0.39 is 0 Å². The van der Waals surface area contributed by atoms with E-state index in [1.54, 1.807) is 23.7 Å². The number of H-pyrrole nitrogens is 1. The third-order valence-electron chi connectivity index (χ3n) is 4.66.